The Labute approximate surface area is 155 Å². The molecule has 0 aliphatic carbocycles. The molecule has 1 amide bonds. The predicted molar refractivity (Wildman–Crippen MR) is 104 cm³/mol. The Morgan fingerprint density at radius 3 is 2.42 bits per heavy atom. The van der Waals surface area contributed by atoms with Gasteiger partial charge in [0.15, 0.2) is 5.78 Å². The molecule has 0 atom stereocenters. The lowest BCUT2D eigenvalue weighted by Gasteiger charge is -2.25. The van der Waals surface area contributed by atoms with Crippen molar-refractivity contribution in [1.29, 1.82) is 0 Å². The molecule has 0 saturated heterocycles. The van der Waals surface area contributed by atoms with Gasteiger partial charge in [-0.05, 0) is 44.4 Å². The summed E-state index contributed by atoms with van der Waals surface area (Å²) in [4.78, 5) is 30.1. The molecule has 1 aromatic heterocycles. The van der Waals surface area contributed by atoms with Crippen LogP contribution < -0.4 is 4.90 Å². The highest BCUT2D eigenvalue weighted by atomic mass is 16.6. The molecule has 0 aliphatic rings. The van der Waals surface area contributed by atoms with Crippen LogP contribution in [0.3, 0.4) is 0 Å². The monoisotopic (exact) mass is 354 g/mol. The van der Waals surface area contributed by atoms with Crippen LogP contribution in [0, 0.1) is 0 Å². The van der Waals surface area contributed by atoms with Gasteiger partial charge in [0, 0.05) is 25.7 Å². The van der Waals surface area contributed by atoms with Crippen LogP contribution in [0.2, 0.25) is 0 Å². The number of pyridine rings is 1. The Morgan fingerprint density at radius 2 is 1.85 bits per heavy atom. The molecule has 1 aromatic carbocycles. The molecule has 5 nitrogen and oxygen atoms in total. The van der Waals surface area contributed by atoms with E-state index in [2.05, 4.69) is 24.0 Å². The first-order valence-electron chi connectivity index (χ1n) is 8.69. The number of hydrogen-bond acceptors (Lipinski definition) is 4. The Balaban J connectivity index is 2.48. The van der Waals surface area contributed by atoms with E-state index < -0.39 is 11.7 Å². The molecule has 26 heavy (non-hydrogen) atoms. The van der Waals surface area contributed by atoms with E-state index >= 15 is 0 Å². The third-order valence-electron chi connectivity index (χ3n) is 3.90. The van der Waals surface area contributed by atoms with Crippen molar-refractivity contribution < 1.29 is 14.3 Å². The number of ketones is 1. The van der Waals surface area contributed by atoms with E-state index in [1.165, 1.54) is 17.4 Å². The van der Waals surface area contributed by atoms with Gasteiger partial charge in [-0.3, -0.25) is 14.7 Å². The molecule has 138 valence electrons. The Bertz CT molecular complexity index is 822. The average Bonchev–Trinajstić information content (AvgIpc) is 2.59. The quantitative estimate of drug-likeness (QED) is 0.734. The number of anilines is 1. The Kier molecular flexibility index (Phi) is 5.80. The lowest BCUT2D eigenvalue weighted by Crippen LogP contribution is -2.35. The zero-order valence-electron chi connectivity index (χ0n) is 16.3. The summed E-state index contributed by atoms with van der Waals surface area (Å²) in [5.74, 6) is -0.204. The molecule has 5 heteroatoms. The zero-order valence-corrected chi connectivity index (χ0v) is 16.3. The highest BCUT2D eigenvalue weighted by molar-refractivity contribution is 6.02. The minimum atomic E-state index is -0.623. The van der Waals surface area contributed by atoms with Gasteiger partial charge in [0.1, 0.15) is 11.3 Å². The number of rotatable bonds is 4. The molecule has 0 saturated carbocycles. The van der Waals surface area contributed by atoms with E-state index in [9.17, 15) is 9.59 Å². The van der Waals surface area contributed by atoms with Crippen molar-refractivity contribution in [2.45, 2.75) is 46.6 Å². The SMILES string of the molecule is CCc1cccc(-c2cnc(C(C)=O)c(N(C)C(=O)OC(C)(C)C)c2)c1. The molecular weight excluding hydrogens is 328 g/mol. The van der Waals surface area contributed by atoms with Gasteiger partial charge >= 0.3 is 6.09 Å². The normalized spacial score (nSPS) is 11.2. The molecule has 2 rings (SSSR count). The predicted octanol–water partition coefficient (Wildman–Crippen LogP) is 4.88. The first-order valence-corrected chi connectivity index (χ1v) is 8.69. The Morgan fingerprint density at radius 1 is 1.15 bits per heavy atom. The lowest BCUT2D eigenvalue weighted by atomic mass is 10.0. The number of aromatic nitrogens is 1. The maximum absolute atomic E-state index is 12.4. The van der Waals surface area contributed by atoms with E-state index in [1.807, 2.05) is 18.2 Å². The topological polar surface area (TPSA) is 59.5 Å². The first kappa shape index (κ1) is 19.6. The first-order chi connectivity index (χ1) is 12.1. The van der Waals surface area contributed by atoms with E-state index in [4.69, 9.17) is 4.74 Å². The van der Waals surface area contributed by atoms with Crippen LogP contribution in [0.4, 0.5) is 10.5 Å². The van der Waals surface area contributed by atoms with Crippen LogP contribution in [0.25, 0.3) is 11.1 Å². The fraction of sp³-hybridized carbons (Fsp3) is 0.381. The maximum atomic E-state index is 12.4. The molecule has 0 aliphatic heterocycles. The second-order valence-corrected chi connectivity index (χ2v) is 7.24. The van der Waals surface area contributed by atoms with Gasteiger partial charge in [0.25, 0.3) is 0 Å². The molecule has 0 N–H and O–H groups in total. The molecule has 0 bridgehead atoms. The summed E-state index contributed by atoms with van der Waals surface area (Å²) < 4.78 is 5.42. The number of hydrogen-bond donors (Lipinski definition) is 0. The summed E-state index contributed by atoms with van der Waals surface area (Å²) in [6, 6.07) is 9.93. The highest BCUT2D eigenvalue weighted by Gasteiger charge is 2.24. The van der Waals surface area contributed by atoms with Crippen LogP contribution >= 0.6 is 0 Å². The van der Waals surface area contributed by atoms with Crippen LogP contribution in [0.5, 0.6) is 0 Å². The van der Waals surface area contributed by atoms with E-state index in [-0.39, 0.29) is 11.5 Å². The van der Waals surface area contributed by atoms with Gasteiger partial charge in [0.05, 0.1) is 5.69 Å². The number of benzene rings is 1. The minimum absolute atomic E-state index is 0.204. The molecule has 0 radical (unpaired) electrons. The van der Waals surface area contributed by atoms with Gasteiger partial charge < -0.3 is 4.74 Å². The smallest absolute Gasteiger partial charge is 0.414 e. The summed E-state index contributed by atoms with van der Waals surface area (Å²) >= 11 is 0. The fourth-order valence-corrected chi connectivity index (χ4v) is 2.54. The molecule has 2 aromatic rings. The third-order valence-corrected chi connectivity index (χ3v) is 3.90. The molecule has 0 fully saturated rings. The zero-order chi connectivity index (χ0) is 19.5. The summed E-state index contributed by atoms with van der Waals surface area (Å²) in [7, 11) is 1.59. The second-order valence-electron chi connectivity index (χ2n) is 7.24. The number of aryl methyl sites for hydroxylation is 1. The lowest BCUT2D eigenvalue weighted by molar-refractivity contribution is 0.0589. The van der Waals surface area contributed by atoms with Crippen molar-refractivity contribution >= 4 is 17.6 Å². The second kappa shape index (κ2) is 7.68. The molecule has 0 spiro atoms. The summed E-state index contributed by atoms with van der Waals surface area (Å²) in [5.41, 5.74) is 3.10. The molecule has 1 heterocycles. The molecule has 0 unspecified atom stereocenters. The number of ether oxygens (including phenoxy) is 1. The third kappa shape index (κ3) is 4.69. The van der Waals surface area contributed by atoms with Crippen molar-refractivity contribution in [3.63, 3.8) is 0 Å². The van der Waals surface area contributed by atoms with E-state index in [0.717, 1.165) is 17.5 Å². The van der Waals surface area contributed by atoms with Gasteiger partial charge in [-0.25, -0.2) is 4.79 Å². The van der Waals surface area contributed by atoms with Crippen LogP contribution in [-0.4, -0.2) is 29.5 Å². The van der Waals surface area contributed by atoms with Crippen LogP contribution in [-0.2, 0) is 11.2 Å². The number of carbonyl (C=O) groups is 2. The number of Topliss-reactive ketones (excluding diaryl/α,β-unsaturated/α-hetero) is 1. The summed E-state index contributed by atoms with van der Waals surface area (Å²) in [6.07, 6.45) is 2.07. The van der Waals surface area contributed by atoms with Gasteiger partial charge in [0.2, 0.25) is 0 Å². The van der Waals surface area contributed by atoms with Gasteiger partial charge in [-0.15, -0.1) is 0 Å². The van der Waals surface area contributed by atoms with Crippen molar-refractivity contribution in [2.75, 3.05) is 11.9 Å². The number of amides is 1. The number of nitrogens with zero attached hydrogens (tertiary/aromatic N) is 2. The summed E-state index contributed by atoms with van der Waals surface area (Å²) in [5, 5.41) is 0. The van der Waals surface area contributed by atoms with E-state index in [1.54, 1.807) is 34.0 Å². The number of carbonyl (C=O) groups excluding carboxylic acids is 2. The Hall–Kier alpha value is -2.69. The van der Waals surface area contributed by atoms with E-state index in [0.29, 0.717) is 5.69 Å². The average molecular weight is 354 g/mol. The van der Waals surface area contributed by atoms with Crippen LogP contribution in [0.15, 0.2) is 36.5 Å². The largest absolute Gasteiger partial charge is 0.443 e. The minimum Gasteiger partial charge on any atom is -0.443 e. The van der Waals surface area contributed by atoms with Crippen LogP contribution in [0.1, 0.15) is 50.7 Å². The maximum Gasteiger partial charge on any atom is 0.414 e. The summed E-state index contributed by atoms with van der Waals surface area (Å²) in [6.45, 7) is 8.94. The van der Waals surface area contributed by atoms with Crippen molar-refractivity contribution in [3.8, 4) is 11.1 Å². The highest BCUT2D eigenvalue weighted by Crippen LogP contribution is 2.28. The molecular formula is C21H26N2O3. The fourth-order valence-electron chi connectivity index (χ4n) is 2.54. The van der Waals surface area contributed by atoms with Gasteiger partial charge in [-0.1, -0.05) is 31.2 Å². The van der Waals surface area contributed by atoms with Crippen molar-refractivity contribution in [3.05, 3.63) is 47.8 Å². The van der Waals surface area contributed by atoms with Crippen molar-refractivity contribution in [1.82, 2.24) is 4.98 Å². The standard InChI is InChI=1S/C21H26N2O3/c1-7-15-9-8-10-16(11-15)17-12-18(19(14(2)24)22-13-17)23(6)20(25)26-21(3,4)5/h8-13H,7H2,1-6H3. The van der Waals surface area contributed by atoms with Gasteiger partial charge in [-0.2, -0.15) is 0 Å². The van der Waals surface area contributed by atoms with Crippen molar-refractivity contribution in [2.24, 2.45) is 0 Å².